The zero-order valence-corrected chi connectivity index (χ0v) is 37.2. The molecule has 0 bridgehead atoms. The molecule has 0 radical (unpaired) electrons. The first-order valence-corrected chi connectivity index (χ1v) is 23.9. The van der Waals surface area contributed by atoms with Crippen LogP contribution in [0, 0.1) is 0 Å². The van der Waals surface area contributed by atoms with Crippen molar-refractivity contribution in [3.63, 3.8) is 0 Å². The second-order valence-corrected chi connectivity index (χ2v) is 16.8. The number of carbonyl (C=O) groups excluding carboxylic acids is 1. The van der Waals surface area contributed by atoms with Crippen LogP contribution in [0.5, 0.6) is 0 Å². The van der Waals surface area contributed by atoms with Gasteiger partial charge in [-0.3, -0.25) is 4.79 Å². The SMILES string of the molecule is CCCCCCC/C=C/CCCC(O)C(O)C(COC1OC(CO)C(O)C(O)C1O)NC(=O)C(O)CCCCCCCC/C=C\C/C=C\CCCCCCCCCCC. The maximum absolute atomic E-state index is 13.1. The van der Waals surface area contributed by atoms with Crippen LogP contribution in [0.4, 0.5) is 0 Å². The van der Waals surface area contributed by atoms with Crippen LogP contribution in [-0.2, 0) is 14.3 Å². The summed E-state index contributed by atoms with van der Waals surface area (Å²) in [5.41, 5.74) is 0. The molecule has 346 valence electrons. The normalized spacial score (nSPS) is 22.1. The van der Waals surface area contributed by atoms with Crippen molar-refractivity contribution in [3.05, 3.63) is 36.5 Å². The molecule has 1 aliphatic rings. The Balaban J connectivity index is 2.40. The van der Waals surface area contributed by atoms with Gasteiger partial charge in [0.1, 0.15) is 36.6 Å². The van der Waals surface area contributed by atoms with Gasteiger partial charge in [-0.1, -0.05) is 159 Å². The van der Waals surface area contributed by atoms with Gasteiger partial charge in [0.2, 0.25) is 5.91 Å². The molecule has 9 atom stereocenters. The van der Waals surface area contributed by atoms with Gasteiger partial charge >= 0.3 is 0 Å². The number of rotatable bonds is 39. The molecule has 8 N–H and O–H groups in total. The molecule has 0 aromatic heterocycles. The number of unbranched alkanes of at least 4 members (excludes halogenated alkanes) is 21. The largest absolute Gasteiger partial charge is 0.394 e. The average molecular weight is 840 g/mol. The highest BCUT2D eigenvalue weighted by Crippen LogP contribution is 2.23. The Morgan fingerprint density at radius 3 is 1.56 bits per heavy atom. The van der Waals surface area contributed by atoms with Gasteiger partial charge in [-0.05, 0) is 70.6 Å². The fourth-order valence-corrected chi connectivity index (χ4v) is 7.41. The Morgan fingerprint density at radius 2 is 1.05 bits per heavy atom. The van der Waals surface area contributed by atoms with Gasteiger partial charge < -0.3 is 50.5 Å². The van der Waals surface area contributed by atoms with Crippen molar-refractivity contribution < 1.29 is 50.0 Å². The Bertz CT molecular complexity index is 1050. The molecule has 1 fully saturated rings. The number of allylic oxidation sites excluding steroid dienone is 6. The van der Waals surface area contributed by atoms with E-state index in [0.29, 0.717) is 12.8 Å². The minimum atomic E-state index is -1.67. The van der Waals surface area contributed by atoms with Crippen LogP contribution in [0.3, 0.4) is 0 Å². The molecule has 1 aliphatic heterocycles. The predicted octanol–water partition coefficient (Wildman–Crippen LogP) is 8.00. The molecule has 11 heteroatoms. The van der Waals surface area contributed by atoms with E-state index in [1.807, 2.05) is 0 Å². The molecule has 1 saturated heterocycles. The molecule has 0 spiro atoms. The van der Waals surface area contributed by atoms with E-state index in [1.165, 1.54) is 89.9 Å². The van der Waals surface area contributed by atoms with Crippen LogP contribution in [-0.4, -0.2) is 110 Å². The number of aliphatic hydroxyl groups excluding tert-OH is 7. The van der Waals surface area contributed by atoms with Gasteiger partial charge in [0.15, 0.2) is 6.29 Å². The van der Waals surface area contributed by atoms with E-state index in [1.54, 1.807) is 0 Å². The molecule has 59 heavy (non-hydrogen) atoms. The monoisotopic (exact) mass is 840 g/mol. The van der Waals surface area contributed by atoms with Gasteiger partial charge in [0, 0.05) is 0 Å². The Morgan fingerprint density at radius 1 is 0.593 bits per heavy atom. The molecule has 0 saturated carbocycles. The lowest BCUT2D eigenvalue weighted by Crippen LogP contribution is -2.60. The predicted molar refractivity (Wildman–Crippen MR) is 238 cm³/mol. The lowest BCUT2D eigenvalue weighted by Gasteiger charge is -2.40. The quantitative estimate of drug-likeness (QED) is 0.0223. The highest BCUT2D eigenvalue weighted by molar-refractivity contribution is 5.80. The lowest BCUT2D eigenvalue weighted by molar-refractivity contribution is -0.303. The zero-order valence-electron chi connectivity index (χ0n) is 37.2. The summed E-state index contributed by atoms with van der Waals surface area (Å²) in [7, 11) is 0. The van der Waals surface area contributed by atoms with Crippen molar-refractivity contribution in [1.82, 2.24) is 5.32 Å². The number of carbonyl (C=O) groups is 1. The molecular weight excluding hydrogens is 751 g/mol. The van der Waals surface area contributed by atoms with Crippen molar-refractivity contribution in [1.29, 1.82) is 0 Å². The maximum atomic E-state index is 13.1. The summed E-state index contributed by atoms with van der Waals surface area (Å²) in [6, 6.07) is -1.19. The molecule has 0 aromatic carbocycles. The van der Waals surface area contributed by atoms with E-state index in [0.717, 1.165) is 64.2 Å². The second-order valence-electron chi connectivity index (χ2n) is 16.8. The van der Waals surface area contributed by atoms with Crippen LogP contribution < -0.4 is 5.32 Å². The van der Waals surface area contributed by atoms with Crippen LogP contribution in [0.25, 0.3) is 0 Å². The van der Waals surface area contributed by atoms with Crippen LogP contribution in [0.2, 0.25) is 0 Å². The first-order chi connectivity index (χ1) is 28.7. The number of hydrogen-bond acceptors (Lipinski definition) is 10. The smallest absolute Gasteiger partial charge is 0.249 e. The van der Waals surface area contributed by atoms with Crippen LogP contribution in [0.15, 0.2) is 36.5 Å². The zero-order chi connectivity index (χ0) is 43.4. The first kappa shape index (κ1) is 55.3. The number of aliphatic hydroxyl groups is 7. The number of ether oxygens (including phenoxy) is 2. The van der Waals surface area contributed by atoms with Gasteiger partial charge in [-0.25, -0.2) is 0 Å². The summed E-state index contributed by atoms with van der Waals surface area (Å²) in [6.45, 7) is 3.38. The van der Waals surface area contributed by atoms with E-state index in [9.17, 15) is 40.5 Å². The van der Waals surface area contributed by atoms with Crippen LogP contribution >= 0.6 is 0 Å². The highest BCUT2D eigenvalue weighted by Gasteiger charge is 2.44. The Kier molecular flexibility index (Phi) is 35.7. The van der Waals surface area contributed by atoms with Crippen molar-refractivity contribution in [2.24, 2.45) is 0 Å². The van der Waals surface area contributed by atoms with Crippen molar-refractivity contribution in [2.45, 2.75) is 249 Å². The fourth-order valence-electron chi connectivity index (χ4n) is 7.41. The van der Waals surface area contributed by atoms with E-state index in [4.69, 9.17) is 9.47 Å². The number of nitrogens with one attached hydrogen (secondary N) is 1. The minimum Gasteiger partial charge on any atom is -0.394 e. The second kappa shape index (κ2) is 38.0. The highest BCUT2D eigenvalue weighted by atomic mass is 16.7. The molecule has 0 aliphatic carbocycles. The van der Waals surface area contributed by atoms with Gasteiger partial charge in [0.05, 0.1) is 25.4 Å². The molecular formula is C48H89NO10. The van der Waals surface area contributed by atoms with E-state index < -0.39 is 74.2 Å². The van der Waals surface area contributed by atoms with Gasteiger partial charge in [-0.15, -0.1) is 0 Å². The molecule has 9 unspecified atom stereocenters. The standard InChI is InChI=1S/C48H89NO10/c1-3-5-7-9-11-13-15-16-17-18-19-20-21-22-23-24-25-26-28-30-32-34-36-41(52)47(57)49-39(38-58-48-46(56)45(55)44(54)42(37-50)59-48)43(53)40(51)35-33-31-29-27-14-12-10-8-6-4-2/h19-20,22-23,27,29,39-46,48,50-56H,3-18,21,24-26,28,30-38H2,1-2H3,(H,49,57)/b20-19-,23-22-,29-27+. The van der Waals surface area contributed by atoms with E-state index >= 15 is 0 Å². The topological polar surface area (TPSA) is 189 Å². The Labute approximate surface area is 358 Å². The van der Waals surface area contributed by atoms with E-state index in [-0.39, 0.29) is 12.8 Å². The fraction of sp³-hybridized carbons (Fsp3) is 0.854. The third-order valence-corrected chi connectivity index (χ3v) is 11.4. The first-order valence-electron chi connectivity index (χ1n) is 23.9. The van der Waals surface area contributed by atoms with Crippen molar-refractivity contribution in [3.8, 4) is 0 Å². The number of hydrogen-bond donors (Lipinski definition) is 8. The minimum absolute atomic E-state index is 0.241. The van der Waals surface area contributed by atoms with Crippen LogP contribution in [0.1, 0.15) is 194 Å². The average Bonchev–Trinajstić information content (AvgIpc) is 3.23. The third-order valence-electron chi connectivity index (χ3n) is 11.4. The third kappa shape index (κ3) is 27.8. The lowest BCUT2D eigenvalue weighted by atomic mass is 9.98. The van der Waals surface area contributed by atoms with Crippen molar-refractivity contribution >= 4 is 5.91 Å². The van der Waals surface area contributed by atoms with E-state index in [2.05, 4.69) is 55.6 Å². The molecule has 11 nitrogen and oxygen atoms in total. The summed E-state index contributed by atoms with van der Waals surface area (Å²) in [6.07, 6.45) is 32.1. The summed E-state index contributed by atoms with van der Waals surface area (Å²) in [5.74, 6) is -0.717. The summed E-state index contributed by atoms with van der Waals surface area (Å²) in [4.78, 5) is 13.1. The Hall–Kier alpha value is -1.67. The van der Waals surface area contributed by atoms with Gasteiger partial charge in [0.25, 0.3) is 0 Å². The molecule has 1 rings (SSSR count). The maximum Gasteiger partial charge on any atom is 0.249 e. The number of amides is 1. The van der Waals surface area contributed by atoms with Crippen molar-refractivity contribution in [2.75, 3.05) is 13.2 Å². The molecule has 1 heterocycles. The molecule has 1 amide bonds. The summed E-state index contributed by atoms with van der Waals surface area (Å²) in [5, 5.41) is 75.5. The van der Waals surface area contributed by atoms with Gasteiger partial charge in [-0.2, -0.15) is 0 Å². The molecule has 0 aromatic rings. The summed E-state index contributed by atoms with van der Waals surface area (Å²) < 4.78 is 11.1. The summed E-state index contributed by atoms with van der Waals surface area (Å²) >= 11 is 0.